The molecule has 0 aromatic carbocycles. The summed E-state index contributed by atoms with van der Waals surface area (Å²) < 4.78 is 1.85. The minimum atomic E-state index is -0.137. The lowest BCUT2D eigenvalue weighted by atomic mass is 10.1. The second-order valence-corrected chi connectivity index (χ2v) is 4.87. The van der Waals surface area contributed by atoms with Crippen LogP contribution in [-0.4, -0.2) is 26.0 Å². The van der Waals surface area contributed by atoms with Gasteiger partial charge in [-0.25, -0.2) is 9.67 Å². The van der Waals surface area contributed by atoms with Crippen LogP contribution in [-0.2, 0) is 5.54 Å². The Morgan fingerprint density at radius 2 is 2.11 bits per heavy atom. The van der Waals surface area contributed by atoms with Crippen LogP contribution in [0.3, 0.4) is 0 Å². The number of rotatable bonds is 3. The minimum Gasteiger partial charge on any atom is -0.324 e. The summed E-state index contributed by atoms with van der Waals surface area (Å²) in [6.07, 6.45) is 5.36. The molecule has 18 heavy (non-hydrogen) atoms. The van der Waals surface area contributed by atoms with Crippen LogP contribution in [0.5, 0.6) is 0 Å². The van der Waals surface area contributed by atoms with Crippen LogP contribution in [0.2, 0.25) is 0 Å². The van der Waals surface area contributed by atoms with Crippen LogP contribution in [0.25, 0.3) is 0 Å². The monoisotopic (exact) mass is 245 g/mol. The lowest BCUT2D eigenvalue weighted by molar-refractivity contribution is 0.111. The van der Waals surface area contributed by atoms with Gasteiger partial charge in [0.15, 0.2) is 12.1 Å². The first-order valence-electron chi connectivity index (χ1n) is 5.59. The predicted molar refractivity (Wildman–Crippen MR) is 67.9 cm³/mol. The quantitative estimate of drug-likeness (QED) is 0.837. The van der Waals surface area contributed by atoms with Gasteiger partial charge in [-0.05, 0) is 20.8 Å². The van der Waals surface area contributed by atoms with Crippen molar-refractivity contribution in [1.82, 2.24) is 19.7 Å². The number of aromatic nitrogens is 4. The second-order valence-electron chi connectivity index (χ2n) is 4.87. The summed E-state index contributed by atoms with van der Waals surface area (Å²) >= 11 is 0. The largest absolute Gasteiger partial charge is 0.324 e. The first-order chi connectivity index (χ1) is 8.50. The van der Waals surface area contributed by atoms with Gasteiger partial charge in [0.05, 0.1) is 24.1 Å². The molecule has 6 nitrogen and oxygen atoms in total. The molecule has 0 saturated carbocycles. The summed E-state index contributed by atoms with van der Waals surface area (Å²) in [5, 5.41) is 7.36. The van der Waals surface area contributed by atoms with Crippen molar-refractivity contribution >= 4 is 17.9 Å². The number of nitrogens with zero attached hydrogens (tertiary/aromatic N) is 4. The first kappa shape index (κ1) is 12.2. The summed E-state index contributed by atoms with van der Waals surface area (Å²) in [5.41, 5.74) is 0.156. The van der Waals surface area contributed by atoms with Crippen LogP contribution >= 0.6 is 0 Å². The molecule has 2 aromatic rings. The molecule has 0 aliphatic carbocycles. The van der Waals surface area contributed by atoms with E-state index in [1.807, 2.05) is 10.7 Å². The summed E-state index contributed by atoms with van der Waals surface area (Å²) in [6.45, 7) is 6.16. The maximum atomic E-state index is 10.6. The molecule has 94 valence electrons. The van der Waals surface area contributed by atoms with E-state index in [-0.39, 0.29) is 5.54 Å². The van der Waals surface area contributed by atoms with E-state index >= 15 is 0 Å². The van der Waals surface area contributed by atoms with Gasteiger partial charge in [0, 0.05) is 6.07 Å². The molecule has 0 fully saturated rings. The molecule has 0 radical (unpaired) electrons. The highest BCUT2D eigenvalue weighted by molar-refractivity contribution is 5.72. The lowest BCUT2D eigenvalue weighted by Gasteiger charge is -2.22. The number of carbonyl (C=O) groups excluding carboxylic acids is 1. The minimum absolute atomic E-state index is 0.137. The van der Waals surface area contributed by atoms with Gasteiger partial charge in [-0.3, -0.25) is 9.78 Å². The smallest absolute Gasteiger partial charge is 0.170 e. The predicted octanol–water partition coefficient (Wildman–Crippen LogP) is 1.98. The van der Waals surface area contributed by atoms with E-state index in [4.69, 9.17) is 0 Å². The number of hydrogen-bond acceptors (Lipinski definition) is 5. The molecule has 0 aliphatic rings. The Morgan fingerprint density at radius 3 is 2.78 bits per heavy atom. The van der Waals surface area contributed by atoms with Crippen molar-refractivity contribution in [3.8, 4) is 0 Å². The van der Waals surface area contributed by atoms with E-state index in [1.165, 1.54) is 6.20 Å². The highest BCUT2D eigenvalue weighted by atomic mass is 16.1. The van der Waals surface area contributed by atoms with E-state index in [9.17, 15) is 4.79 Å². The molecule has 0 atom stereocenters. The molecule has 0 amide bonds. The summed E-state index contributed by atoms with van der Waals surface area (Å²) in [4.78, 5) is 18.7. The second kappa shape index (κ2) is 4.56. The summed E-state index contributed by atoms with van der Waals surface area (Å²) in [7, 11) is 0. The fraction of sp³-hybridized carbons (Fsp3) is 0.333. The normalized spacial score (nSPS) is 11.3. The Labute approximate surface area is 105 Å². The van der Waals surface area contributed by atoms with Crippen LogP contribution in [0.1, 0.15) is 31.3 Å². The van der Waals surface area contributed by atoms with Crippen molar-refractivity contribution in [2.45, 2.75) is 26.3 Å². The van der Waals surface area contributed by atoms with Gasteiger partial charge >= 0.3 is 0 Å². The van der Waals surface area contributed by atoms with Crippen LogP contribution in [0.4, 0.5) is 11.6 Å². The maximum absolute atomic E-state index is 10.6. The van der Waals surface area contributed by atoms with E-state index in [1.54, 1.807) is 12.4 Å². The molecular weight excluding hydrogens is 230 g/mol. The van der Waals surface area contributed by atoms with Gasteiger partial charge in [-0.15, -0.1) is 0 Å². The Hall–Kier alpha value is -2.24. The van der Waals surface area contributed by atoms with E-state index in [2.05, 4.69) is 41.2 Å². The molecule has 2 heterocycles. The molecule has 0 saturated heterocycles. The zero-order chi connectivity index (χ0) is 13.2. The van der Waals surface area contributed by atoms with Crippen molar-refractivity contribution in [3.63, 3.8) is 0 Å². The van der Waals surface area contributed by atoms with Crippen molar-refractivity contribution in [2.24, 2.45) is 0 Å². The highest BCUT2D eigenvalue weighted by Gasteiger charge is 2.17. The maximum Gasteiger partial charge on any atom is 0.170 e. The molecule has 0 aliphatic heterocycles. The van der Waals surface area contributed by atoms with Crippen molar-refractivity contribution in [3.05, 3.63) is 30.4 Å². The molecule has 1 N–H and O–H groups in total. The molecule has 2 rings (SSSR count). The molecule has 0 spiro atoms. The molecule has 0 unspecified atom stereocenters. The van der Waals surface area contributed by atoms with Crippen LogP contribution in [0.15, 0.2) is 24.7 Å². The van der Waals surface area contributed by atoms with Crippen LogP contribution in [0, 0.1) is 0 Å². The number of nitrogens with one attached hydrogen (secondary N) is 1. The SMILES string of the molecule is CC(C)(C)n1nccc1Nc1cncc(C=O)n1. The average Bonchev–Trinajstić information content (AvgIpc) is 2.77. The van der Waals surface area contributed by atoms with Crippen molar-refractivity contribution < 1.29 is 4.79 Å². The van der Waals surface area contributed by atoms with E-state index < -0.39 is 0 Å². The van der Waals surface area contributed by atoms with Gasteiger partial charge in [0.1, 0.15) is 11.5 Å². The van der Waals surface area contributed by atoms with Gasteiger partial charge in [0.2, 0.25) is 0 Å². The number of hydrogen-bond donors (Lipinski definition) is 1. The Morgan fingerprint density at radius 1 is 1.33 bits per heavy atom. The van der Waals surface area contributed by atoms with Crippen LogP contribution < -0.4 is 5.32 Å². The zero-order valence-corrected chi connectivity index (χ0v) is 10.6. The first-order valence-corrected chi connectivity index (χ1v) is 5.59. The third-order valence-electron chi connectivity index (χ3n) is 2.31. The fourth-order valence-electron chi connectivity index (χ4n) is 1.56. The Balaban J connectivity index is 2.29. The van der Waals surface area contributed by atoms with Gasteiger partial charge < -0.3 is 5.32 Å². The van der Waals surface area contributed by atoms with E-state index in [0.29, 0.717) is 17.8 Å². The molecule has 0 bridgehead atoms. The van der Waals surface area contributed by atoms with Crippen molar-refractivity contribution in [2.75, 3.05) is 5.32 Å². The molecular formula is C12H15N5O. The summed E-state index contributed by atoms with van der Waals surface area (Å²) in [6, 6.07) is 1.85. The number of carbonyl (C=O) groups is 1. The molecule has 2 aromatic heterocycles. The zero-order valence-electron chi connectivity index (χ0n) is 10.6. The van der Waals surface area contributed by atoms with Gasteiger partial charge in [-0.2, -0.15) is 5.10 Å². The fourth-order valence-corrected chi connectivity index (χ4v) is 1.56. The lowest BCUT2D eigenvalue weighted by Crippen LogP contribution is -2.24. The summed E-state index contributed by atoms with van der Waals surface area (Å²) in [5.74, 6) is 1.32. The van der Waals surface area contributed by atoms with E-state index in [0.717, 1.165) is 5.82 Å². The van der Waals surface area contributed by atoms with Gasteiger partial charge in [0.25, 0.3) is 0 Å². The number of aldehydes is 1. The number of anilines is 2. The third kappa shape index (κ3) is 2.53. The van der Waals surface area contributed by atoms with Crippen molar-refractivity contribution in [1.29, 1.82) is 0 Å². The molecule has 6 heteroatoms. The highest BCUT2D eigenvalue weighted by Crippen LogP contribution is 2.21. The van der Waals surface area contributed by atoms with Gasteiger partial charge in [-0.1, -0.05) is 0 Å². The third-order valence-corrected chi connectivity index (χ3v) is 2.31. The Kier molecular flexibility index (Phi) is 3.10. The standard InChI is InChI=1S/C12H15N5O/c1-12(2,3)17-11(4-5-14-17)16-10-7-13-6-9(8-18)15-10/h4-8H,1-3H3,(H,15,16). The average molecular weight is 245 g/mol. The Bertz CT molecular complexity index is 556. The topological polar surface area (TPSA) is 72.7 Å².